The maximum atomic E-state index is 13.9. The number of halogens is 1. The van der Waals surface area contributed by atoms with E-state index in [1.807, 2.05) is 18.2 Å². The number of nitrogens with one attached hydrogen (secondary N) is 1. The van der Waals surface area contributed by atoms with Gasteiger partial charge in [-0.2, -0.15) is 0 Å². The molecule has 0 saturated carbocycles. The zero-order valence-corrected chi connectivity index (χ0v) is 16.5. The fourth-order valence-corrected chi connectivity index (χ4v) is 4.10. The molecule has 0 bridgehead atoms. The highest BCUT2D eigenvalue weighted by Crippen LogP contribution is 2.35. The Morgan fingerprint density at radius 2 is 2.00 bits per heavy atom. The van der Waals surface area contributed by atoms with Crippen molar-refractivity contribution in [2.24, 2.45) is 0 Å². The molecule has 3 heterocycles. The summed E-state index contributed by atoms with van der Waals surface area (Å²) in [5.74, 6) is 0.187. The standard InChI is InChI=1S/C23H20FN5O2/c24-17-5-1-3-15(11-17)20-13-18(26-23(31)16-4-2-6-19(30)12-16)14-28(20)22-8-7-21-25-9-10-29(21)27-22/h1-12,18,20,30H,13-14H2,(H,26,31)/t18-,20+/m0/s1. The maximum absolute atomic E-state index is 13.9. The van der Waals surface area contributed by atoms with Crippen LogP contribution < -0.4 is 10.2 Å². The van der Waals surface area contributed by atoms with Crippen molar-refractivity contribution in [2.75, 3.05) is 11.4 Å². The SMILES string of the molecule is O=C(N[C@H]1C[C@H](c2cccc(F)c2)N(c2ccc3nccn3n2)C1)c1cccc(O)c1. The Morgan fingerprint density at radius 3 is 2.84 bits per heavy atom. The van der Waals surface area contributed by atoms with Gasteiger partial charge in [-0.3, -0.25) is 4.79 Å². The number of aromatic hydroxyl groups is 1. The third-order valence-corrected chi connectivity index (χ3v) is 5.51. The largest absolute Gasteiger partial charge is 0.508 e. The van der Waals surface area contributed by atoms with Crippen LogP contribution in [0.15, 0.2) is 73.1 Å². The Labute approximate surface area is 177 Å². The maximum Gasteiger partial charge on any atom is 0.251 e. The molecule has 1 aliphatic heterocycles. The molecule has 2 aromatic heterocycles. The predicted octanol–water partition coefficient (Wildman–Crippen LogP) is 3.32. The van der Waals surface area contributed by atoms with E-state index >= 15 is 0 Å². The number of aromatic nitrogens is 3. The van der Waals surface area contributed by atoms with E-state index in [9.17, 15) is 14.3 Å². The lowest BCUT2D eigenvalue weighted by Gasteiger charge is -2.25. The number of imidazole rings is 1. The second-order valence-corrected chi connectivity index (χ2v) is 7.60. The number of carbonyl (C=O) groups excluding carboxylic acids is 1. The minimum absolute atomic E-state index is 0.0381. The average Bonchev–Trinajstić information content (AvgIpc) is 3.40. The molecular weight excluding hydrogens is 397 g/mol. The highest BCUT2D eigenvalue weighted by atomic mass is 19.1. The van der Waals surface area contributed by atoms with Gasteiger partial charge in [0, 0.05) is 30.5 Å². The number of anilines is 1. The quantitative estimate of drug-likeness (QED) is 0.532. The fraction of sp³-hybridized carbons (Fsp3) is 0.174. The van der Waals surface area contributed by atoms with E-state index in [1.165, 1.54) is 24.3 Å². The van der Waals surface area contributed by atoms with Crippen LogP contribution in [-0.4, -0.2) is 38.2 Å². The lowest BCUT2D eigenvalue weighted by molar-refractivity contribution is 0.0939. The molecule has 2 aromatic carbocycles. The normalized spacial score (nSPS) is 18.4. The van der Waals surface area contributed by atoms with Gasteiger partial charge in [-0.15, -0.1) is 5.10 Å². The fourth-order valence-electron chi connectivity index (χ4n) is 4.10. The van der Waals surface area contributed by atoms with Crippen molar-refractivity contribution in [3.8, 4) is 5.75 Å². The molecular formula is C23H20FN5O2. The van der Waals surface area contributed by atoms with Crippen LogP contribution in [0.5, 0.6) is 5.75 Å². The second-order valence-electron chi connectivity index (χ2n) is 7.60. The van der Waals surface area contributed by atoms with E-state index in [1.54, 1.807) is 35.1 Å². The number of rotatable bonds is 4. The van der Waals surface area contributed by atoms with Gasteiger partial charge < -0.3 is 15.3 Å². The summed E-state index contributed by atoms with van der Waals surface area (Å²) in [5, 5.41) is 17.3. The highest BCUT2D eigenvalue weighted by molar-refractivity contribution is 5.94. The molecule has 0 radical (unpaired) electrons. The van der Waals surface area contributed by atoms with Crippen molar-refractivity contribution in [1.29, 1.82) is 0 Å². The number of phenolic OH excluding ortho intramolecular Hbond substituents is 1. The summed E-state index contributed by atoms with van der Waals surface area (Å²) in [6.45, 7) is 0.513. The minimum Gasteiger partial charge on any atom is -0.508 e. The van der Waals surface area contributed by atoms with Crippen LogP contribution in [0.1, 0.15) is 28.4 Å². The van der Waals surface area contributed by atoms with E-state index in [0.29, 0.717) is 24.3 Å². The number of phenols is 1. The van der Waals surface area contributed by atoms with Crippen molar-refractivity contribution < 1.29 is 14.3 Å². The Hall–Kier alpha value is -3.94. The molecule has 0 aliphatic carbocycles. The summed E-state index contributed by atoms with van der Waals surface area (Å²) in [6.07, 6.45) is 4.04. The van der Waals surface area contributed by atoms with E-state index < -0.39 is 0 Å². The zero-order chi connectivity index (χ0) is 21.4. The summed E-state index contributed by atoms with van der Waals surface area (Å²) in [5.41, 5.74) is 1.94. The van der Waals surface area contributed by atoms with Crippen LogP contribution in [0.4, 0.5) is 10.2 Å². The molecule has 1 amide bonds. The summed E-state index contributed by atoms with van der Waals surface area (Å²) >= 11 is 0. The van der Waals surface area contributed by atoms with Gasteiger partial charge >= 0.3 is 0 Å². The lowest BCUT2D eigenvalue weighted by atomic mass is 10.0. The van der Waals surface area contributed by atoms with Crippen molar-refractivity contribution >= 4 is 17.4 Å². The van der Waals surface area contributed by atoms with Crippen molar-refractivity contribution in [3.63, 3.8) is 0 Å². The first-order valence-corrected chi connectivity index (χ1v) is 9.99. The lowest BCUT2D eigenvalue weighted by Crippen LogP contribution is -2.37. The van der Waals surface area contributed by atoms with Crippen LogP contribution in [-0.2, 0) is 0 Å². The number of hydrogen-bond acceptors (Lipinski definition) is 5. The summed E-state index contributed by atoms with van der Waals surface area (Å²) in [7, 11) is 0. The molecule has 1 saturated heterocycles. The second kappa shape index (κ2) is 7.71. The van der Waals surface area contributed by atoms with Gasteiger partial charge in [0.1, 0.15) is 17.4 Å². The van der Waals surface area contributed by atoms with Gasteiger partial charge in [-0.05, 0) is 54.4 Å². The van der Waals surface area contributed by atoms with Crippen molar-refractivity contribution in [3.05, 3.63) is 90.0 Å². The number of hydrogen-bond donors (Lipinski definition) is 2. The van der Waals surface area contributed by atoms with Gasteiger partial charge in [-0.1, -0.05) is 18.2 Å². The number of carbonyl (C=O) groups is 1. The Bertz CT molecular complexity index is 1260. The molecule has 1 fully saturated rings. The number of benzene rings is 2. The first-order chi connectivity index (χ1) is 15.1. The summed E-state index contributed by atoms with van der Waals surface area (Å²) in [6, 6.07) is 16.2. The average molecular weight is 417 g/mol. The van der Waals surface area contributed by atoms with E-state index in [2.05, 4.69) is 20.3 Å². The molecule has 156 valence electrons. The van der Waals surface area contributed by atoms with Crippen LogP contribution in [0.3, 0.4) is 0 Å². The third-order valence-electron chi connectivity index (χ3n) is 5.51. The van der Waals surface area contributed by atoms with Crippen LogP contribution in [0, 0.1) is 5.82 Å². The summed E-state index contributed by atoms with van der Waals surface area (Å²) in [4.78, 5) is 19.0. The van der Waals surface area contributed by atoms with Gasteiger partial charge in [-0.25, -0.2) is 13.9 Å². The zero-order valence-electron chi connectivity index (χ0n) is 16.5. The van der Waals surface area contributed by atoms with Gasteiger partial charge in [0.2, 0.25) is 0 Å². The molecule has 1 aliphatic rings. The van der Waals surface area contributed by atoms with Gasteiger partial charge in [0.05, 0.1) is 6.04 Å². The molecule has 2 N–H and O–H groups in total. The number of nitrogens with zero attached hydrogens (tertiary/aromatic N) is 4. The highest BCUT2D eigenvalue weighted by Gasteiger charge is 2.35. The Morgan fingerprint density at radius 1 is 1.13 bits per heavy atom. The molecule has 0 unspecified atom stereocenters. The van der Waals surface area contributed by atoms with E-state index in [-0.39, 0.29) is 29.6 Å². The molecule has 7 nitrogen and oxygen atoms in total. The Kier molecular flexibility index (Phi) is 4.74. The predicted molar refractivity (Wildman–Crippen MR) is 113 cm³/mol. The number of amides is 1. The minimum atomic E-state index is -0.303. The van der Waals surface area contributed by atoms with Crippen LogP contribution >= 0.6 is 0 Å². The molecule has 8 heteroatoms. The van der Waals surface area contributed by atoms with E-state index in [4.69, 9.17) is 0 Å². The van der Waals surface area contributed by atoms with Gasteiger partial charge in [0.25, 0.3) is 5.91 Å². The third kappa shape index (κ3) is 3.79. The topological polar surface area (TPSA) is 82.8 Å². The molecule has 4 aromatic rings. The van der Waals surface area contributed by atoms with Crippen LogP contribution in [0.2, 0.25) is 0 Å². The van der Waals surface area contributed by atoms with Crippen molar-refractivity contribution in [1.82, 2.24) is 19.9 Å². The molecule has 5 rings (SSSR count). The molecule has 31 heavy (non-hydrogen) atoms. The van der Waals surface area contributed by atoms with Gasteiger partial charge in [0.15, 0.2) is 5.65 Å². The number of fused-ring (bicyclic) bond motifs is 1. The summed E-state index contributed by atoms with van der Waals surface area (Å²) < 4.78 is 15.6. The Balaban J connectivity index is 1.45. The smallest absolute Gasteiger partial charge is 0.251 e. The van der Waals surface area contributed by atoms with E-state index in [0.717, 1.165) is 11.2 Å². The molecule has 2 atom stereocenters. The molecule has 0 spiro atoms. The monoisotopic (exact) mass is 417 g/mol. The first-order valence-electron chi connectivity index (χ1n) is 9.99. The van der Waals surface area contributed by atoms with Crippen molar-refractivity contribution in [2.45, 2.75) is 18.5 Å². The van der Waals surface area contributed by atoms with Crippen LogP contribution in [0.25, 0.3) is 5.65 Å². The first kappa shape index (κ1) is 19.0.